The number of sulfone groups is 1. The molecule has 2 aromatic carbocycles. The van der Waals surface area contributed by atoms with E-state index in [1.165, 1.54) is 5.56 Å². The van der Waals surface area contributed by atoms with Crippen molar-refractivity contribution in [3.63, 3.8) is 0 Å². The van der Waals surface area contributed by atoms with Crippen molar-refractivity contribution >= 4 is 15.5 Å². The summed E-state index contributed by atoms with van der Waals surface area (Å²) in [5, 5.41) is 0. The lowest BCUT2D eigenvalue weighted by molar-refractivity contribution is 0.592. The fourth-order valence-corrected chi connectivity index (χ4v) is 3.51. The molecule has 2 rings (SSSR count). The summed E-state index contributed by atoms with van der Waals surface area (Å²) in [5.74, 6) is 0.300. The Morgan fingerprint density at radius 2 is 1.50 bits per heavy atom. The third-order valence-corrected chi connectivity index (χ3v) is 4.81. The summed E-state index contributed by atoms with van der Waals surface area (Å²) in [7, 11) is -3.06. The van der Waals surface area contributed by atoms with Gasteiger partial charge in [0.15, 0.2) is 9.84 Å². The Kier molecular flexibility index (Phi) is 4.79. The van der Waals surface area contributed by atoms with Crippen LogP contribution >= 0.6 is 0 Å². The molecule has 0 aromatic heterocycles. The minimum Gasteiger partial charge on any atom is -0.399 e. The molecule has 0 atom stereocenters. The number of nitrogens with two attached hydrogens (primary N) is 1. The van der Waals surface area contributed by atoms with Gasteiger partial charge in [0.25, 0.3) is 0 Å². The van der Waals surface area contributed by atoms with Gasteiger partial charge in [-0.15, -0.1) is 0 Å². The second-order valence-electron chi connectivity index (χ2n) is 4.92. The quantitative estimate of drug-likeness (QED) is 0.832. The molecule has 2 aromatic rings. The molecular weight excluding hydrogens is 270 g/mol. The number of hydrogen-bond acceptors (Lipinski definition) is 3. The first kappa shape index (κ1) is 14.6. The Morgan fingerprint density at radius 1 is 0.850 bits per heavy atom. The van der Waals surface area contributed by atoms with Crippen molar-refractivity contribution < 1.29 is 8.42 Å². The molecule has 0 aliphatic heterocycles. The van der Waals surface area contributed by atoms with Crippen LogP contribution in [0.4, 0.5) is 5.69 Å². The van der Waals surface area contributed by atoms with E-state index in [0.29, 0.717) is 12.1 Å². The average molecular weight is 289 g/mol. The van der Waals surface area contributed by atoms with E-state index in [0.717, 1.165) is 12.0 Å². The lowest BCUT2D eigenvalue weighted by atomic mass is 10.1. The molecule has 2 N–H and O–H groups in total. The Balaban J connectivity index is 1.86. The maximum atomic E-state index is 12.0. The van der Waals surface area contributed by atoms with Crippen molar-refractivity contribution in [3.8, 4) is 0 Å². The maximum Gasteiger partial charge on any atom is 0.154 e. The highest BCUT2D eigenvalue weighted by atomic mass is 32.2. The second-order valence-corrected chi connectivity index (χ2v) is 7.11. The predicted octanol–water partition coefficient (Wildman–Crippen LogP) is 2.82. The number of hydrogen-bond donors (Lipinski definition) is 1. The van der Waals surface area contributed by atoms with Crippen molar-refractivity contribution in [3.05, 3.63) is 65.7 Å². The Hall–Kier alpha value is -1.81. The van der Waals surface area contributed by atoms with Crippen molar-refractivity contribution in [2.45, 2.75) is 18.6 Å². The zero-order valence-corrected chi connectivity index (χ0v) is 12.1. The average Bonchev–Trinajstić information content (AvgIpc) is 2.42. The lowest BCUT2D eigenvalue weighted by Crippen LogP contribution is -2.10. The minimum absolute atomic E-state index is 0.0854. The van der Waals surface area contributed by atoms with E-state index in [-0.39, 0.29) is 11.5 Å². The van der Waals surface area contributed by atoms with Crippen LogP contribution in [0, 0.1) is 0 Å². The summed E-state index contributed by atoms with van der Waals surface area (Å²) in [6.45, 7) is 0. The van der Waals surface area contributed by atoms with Crippen LogP contribution in [-0.2, 0) is 22.0 Å². The summed E-state index contributed by atoms with van der Waals surface area (Å²) in [6, 6.07) is 16.9. The summed E-state index contributed by atoms with van der Waals surface area (Å²) >= 11 is 0. The van der Waals surface area contributed by atoms with E-state index in [1.54, 1.807) is 24.3 Å². The molecule has 0 fully saturated rings. The summed E-state index contributed by atoms with van der Waals surface area (Å²) < 4.78 is 24.1. The fourth-order valence-electron chi connectivity index (χ4n) is 2.08. The van der Waals surface area contributed by atoms with Gasteiger partial charge in [-0.25, -0.2) is 8.42 Å². The van der Waals surface area contributed by atoms with Gasteiger partial charge in [0.05, 0.1) is 11.5 Å². The van der Waals surface area contributed by atoms with Gasteiger partial charge in [-0.3, -0.25) is 0 Å². The molecule has 0 unspecified atom stereocenters. The van der Waals surface area contributed by atoms with Gasteiger partial charge in [-0.05, 0) is 36.1 Å². The standard InChI is InChI=1S/C16H19NO2S/c17-16-10-8-15(9-11-16)13-20(18,19)12-4-7-14-5-2-1-3-6-14/h1-3,5-6,8-11H,4,7,12-13,17H2. The smallest absolute Gasteiger partial charge is 0.154 e. The predicted molar refractivity (Wildman–Crippen MR) is 83.1 cm³/mol. The highest BCUT2D eigenvalue weighted by molar-refractivity contribution is 7.90. The molecule has 0 amide bonds. The minimum atomic E-state index is -3.06. The number of anilines is 1. The normalized spacial score (nSPS) is 11.4. The molecule has 0 aliphatic rings. The summed E-state index contributed by atoms with van der Waals surface area (Å²) in [6.07, 6.45) is 1.45. The Morgan fingerprint density at radius 3 is 2.15 bits per heavy atom. The molecule has 20 heavy (non-hydrogen) atoms. The molecule has 106 valence electrons. The molecule has 0 saturated heterocycles. The molecular formula is C16H19NO2S. The number of nitrogen functional groups attached to an aromatic ring is 1. The van der Waals surface area contributed by atoms with E-state index in [9.17, 15) is 8.42 Å². The Labute approximate surface area is 120 Å². The first-order chi connectivity index (χ1) is 9.55. The zero-order valence-electron chi connectivity index (χ0n) is 11.3. The number of benzene rings is 2. The van der Waals surface area contributed by atoms with Gasteiger partial charge >= 0.3 is 0 Å². The highest BCUT2D eigenvalue weighted by Gasteiger charge is 2.11. The van der Waals surface area contributed by atoms with Crippen LogP contribution in [0.5, 0.6) is 0 Å². The van der Waals surface area contributed by atoms with Crippen LogP contribution in [0.15, 0.2) is 54.6 Å². The van der Waals surface area contributed by atoms with Crippen molar-refractivity contribution in [2.75, 3.05) is 11.5 Å². The van der Waals surface area contributed by atoms with Gasteiger partial charge in [-0.1, -0.05) is 42.5 Å². The molecule has 0 radical (unpaired) electrons. The van der Waals surface area contributed by atoms with Crippen LogP contribution in [0.3, 0.4) is 0 Å². The molecule has 4 heteroatoms. The third-order valence-electron chi connectivity index (χ3n) is 3.13. The zero-order chi connectivity index (χ0) is 14.4. The largest absolute Gasteiger partial charge is 0.399 e. The lowest BCUT2D eigenvalue weighted by Gasteiger charge is -2.05. The fraction of sp³-hybridized carbons (Fsp3) is 0.250. The topological polar surface area (TPSA) is 60.2 Å². The van der Waals surface area contributed by atoms with E-state index in [1.807, 2.05) is 30.3 Å². The van der Waals surface area contributed by atoms with Gasteiger partial charge in [0, 0.05) is 5.69 Å². The maximum absolute atomic E-state index is 12.0. The van der Waals surface area contributed by atoms with Gasteiger partial charge in [0.2, 0.25) is 0 Å². The van der Waals surface area contributed by atoms with Crippen molar-refractivity contribution in [1.82, 2.24) is 0 Å². The van der Waals surface area contributed by atoms with Gasteiger partial charge in [-0.2, -0.15) is 0 Å². The molecule has 3 nitrogen and oxygen atoms in total. The molecule has 0 spiro atoms. The van der Waals surface area contributed by atoms with Crippen molar-refractivity contribution in [2.24, 2.45) is 0 Å². The van der Waals surface area contributed by atoms with Crippen LogP contribution in [0.1, 0.15) is 17.5 Å². The van der Waals surface area contributed by atoms with Crippen LogP contribution in [0.25, 0.3) is 0 Å². The summed E-state index contributed by atoms with van der Waals surface area (Å²) in [5.41, 5.74) is 8.20. The second kappa shape index (κ2) is 6.57. The number of aryl methyl sites for hydroxylation is 1. The van der Waals surface area contributed by atoms with Crippen LogP contribution < -0.4 is 5.73 Å². The molecule has 0 aliphatic carbocycles. The third kappa shape index (κ3) is 4.70. The van der Waals surface area contributed by atoms with Gasteiger partial charge < -0.3 is 5.73 Å². The summed E-state index contributed by atoms with van der Waals surface area (Å²) in [4.78, 5) is 0. The van der Waals surface area contributed by atoms with Crippen LogP contribution in [-0.4, -0.2) is 14.2 Å². The highest BCUT2D eigenvalue weighted by Crippen LogP contribution is 2.11. The number of rotatable bonds is 6. The van der Waals surface area contributed by atoms with Crippen molar-refractivity contribution in [1.29, 1.82) is 0 Å². The molecule has 0 bridgehead atoms. The van der Waals surface area contributed by atoms with E-state index < -0.39 is 9.84 Å². The monoisotopic (exact) mass is 289 g/mol. The van der Waals surface area contributed by atoms with E-state index in [2.05, 4.69) is 0 Å². The van der Waals surface area contributed by atoms with Gasteiger partial charge in [0.1, 0.15) is 0 Å². The van der Waals surface area contributed by atoms with E-state index in [4.69, 9.17) is 5.73 Å². The van der Waals surface area contributed by atoms with E-state index >= 15 is 0 Å². The molecule has 0 heterocycles. The molecule has 0 saturated carbocycles. The Bertz CT molecular complexity index is 634. The first-order valence-corrected chi connectivity index (χ1v) is 8.46. The van der Waals surface area contributed by atoms with Crippen LogP contribution in [0.2, 0.25) is 0 Å². The first-order valence-electron chi connectivity index (χ1n) is 6.64. The SMILES string of the molecule is Nc1ccc(CS(=O)(=O)CCCc2ccccc2)cc1.